The number of non-ortho nitro benzene ring substituents is 2. The maximum absolute atomic E-state index is 12.4. The van der Waals surface area contributed by atoms with E-state index >= 15 is 0 Å². The molecule has 0 spiro atoms. The normalized spacial score (nSPS) is 13.4. The van der Waals surface area contributed by atoms with Crippen LogP contribution < -0.4 is 16.0 Å². The van der Waals surface area contributed by atoms with Crippen LogP contribution >= 0.6 is 12.4 Å². The standard InChI is InChI=1S/C20H23N7O6.ClH/c28-19(22-15-1-5-17(6-2-15)26(30)31)21-9-10-24-11-13-25(14-12-24)20(29)23-16-3-7-18(8-4-16)27(32)33;/h1-8H,9-14H2,(H,23,29)(H2,21,22,28);1H. The van der Waals surface area contributed by atoms with E-state index in [4.69, 9.17) is 0 Å². The van der Waals surface area contributed by atoms with Crippen molar-refractivity contribution in [3.8, 4) is 0 Å². The minimum Gasteiger partial charge on any atom is -0.337 e. The van der Waals surface area contributed by atoms with Gasteiger partial charge < -0.3 is 20.9 Å². The SMILES string of the molecule is Cl.O=C(NCCN1CCN(C(=O)Nc2ccc([N+](=O)[O-])cc2)CC1)Nc1ccc([N+](=O)[O-])cc1. The van der Waals surface area contributed by atoms with Gasteiger partial charge in [0.2, 0.25) is 0 Å². The van der Waals surface area contributed by atoms with Crippen LogP contribution in [0.3, 0.4) is 0 Å². The zero-order chi connectivity index (χ0) is 23.8. The molecule has 4 amide bonds. The maximum Gasteiger partial charge on any atom is 0.321 e. The summed E-state index contributed by atoms with van der Waals surface area (Å²) in [5.74, 6) is 0. The predicted molar refractivity (Wildman–Crippen MR) is 127 cm³/mol. The van der Waals surface area contributed by atoms with E-state index in [9.17, 15) is 29.8 Å². The first-order valence-electron chi connectivity index (χ1n) is 10.1. The second kappa shape index (κ2) is 12.3. The average molecular weight is 494 g/mol. The molecule has 2 aromatic rings. The van der Waals surface area contributed by atoms with Crippen LogP contribution in [0.2, 0.25) is 0 Å². The van der Waals surface area contributed by atoms with Gasteiger partial charge in [-0.15, -0.1) is 12.4 Å². The van der Waals surface area contributed by atoms with Crippen molar-refractivity contribution in [3.63, 3.8) is 0 Å². The number of carbonyl (C=O) groups excluding carboxylic acids is 2. The number of rotatable bonds is 7. The van der Waals surface area contributed by atoms with Crippen molar-refractivity contribution in [3.05, 3.63) is 68.8 Å². The quantitative estimate of drug-likeness (QED) is 0.394. The van der Waals surface area contributed by atoms with Gasteiger partial charge in [-0.1, -0.05) is 0 Å². The molecule has 0 aliphatic carbocycles. The van der Waals surface area contributed by atoms with Gasteiger partial charge in [-0.3, -0.25) is 25.1 Å². The summed E-state index contributed by atoms with van der Waals surface area (Å²) in [6.07, 6.45) is 0. The highest BCUT2D eigenvalue weighted by atomic mass is 35.5. The van der Waals surface area contributed by atoms with Crippen molar-refractivity contribution < 1.29 is 19.4 Å². The van der Waals surface area contributed by atoms with Crippen LogP contribution in [0.1, 0.15) is 0 Å². The van der Waals surface area contributed by atoms with E-state index in [2.05, 4.69) is 20.9 Å². The van der Waals surface area contributed by atoms with Crippen LogP contribution in [0.5, 0.6) is 0 Å². The van der Waals surface area contributed by atoms with Gasteiger partial charge in [0.15, 0.2) is 0 Å². The molecule has 0 unspecified atom stereocenters. The van der Waals surface area contributed by atoms with Gasteiger partial charge >= 0.3 is 12.1 Å². The number of benzene rings is 2. The second-order valence-electron chi connectivity index (χ2n) is 7.25. The second-order valence-corrected chi connectivity index (χ2v) is 7.25. The summed E-state index contributed by atoms with van der Waals surface area (Å²) in [5.41, 5.74) is 0.834. The van der Waals surface area contributed by atoms with Gasteiger partial charge in [-0.25, -0.2) is 9.59 Å². The fourth-order valence-electron chi connectivity index (χ4n) is 3.21. The van der Waals surface area contributed by atoms with Gasteiger partial charge in [0.05, 0.1) is 9.85 Å². The number of nitro benzene ring substituents is 2. The molecule has 1 saturated heterocycles. The minimum atomic E-state index is -0.511. The number of anilines is 2. The van der Waals surface area contributed by atoms with Gasteiger partial charge in [0.25, 0.3) is 11.4 Å². The zero-order valence-corrected chi connectivity index (χ0v) is 18.8. The molecule has 1 heterocycles. The van der Waals surface area contributed by atoms with Crippen LogP contribution in [-0.4, -0.2) is 71.0 Å². The summed E-state index contributed by atoms with van der Waals surface area (Å²) < 4.78 is 0. The van der Waals surface area contributed by atoms with Crippen LogP contribution in [0.25, 0.3) is 0 Å². The highest BCUT2D eigenvalue weighted by Gasteiger charge is 2.21. The molecule has 3 N–H and O–H groups in total. The Morgan fingerprint density at radius 1 is 0.794 bits per heavy atom. The molecule has 0 bridgehead atoms. The van der Waals surface area contributed by atoms with E-state index in [1.807, 2.05) is 0 Å². The maximum atomic E-state index is 12.4. The van der Waals surface area contributed by atoms with Gasteiger partial charge in [0.1, 0.15) is 0 Å². The molecule has 182 valence electrons. The van der Waals surface area contributed by atoms with E-state index in [0.29, 0.717) is 50.6 Å². The number of amides is 4. The predicted octanol–water partition coefficient (Wildman–Crippen LogP) is 2.90. The average Bonchev–Trinajstić information content (AvgIpc) is 2.80. The van der Waals surface area contributed by atoms with Crippen molar-refractivity contribution in [1.29, 1.82) is 0 Å². The molecule has 0 atom stereocenters. The number of urea groups is 2. The summed E-state index contributed by atoms with van der Waals surface area (Å²) in [6, 6.07) is 10.5. The number of hydrogen-bond donors (Lipinski definition) is 3. The van der Waals surface area contributed by atoms with E-state index < -0.39 is 15.9 Å². The molecule has 13 nitrogen and oxygen atoms in total. The third-order valence-electron chi connectivity index (χ3n) is 5.04. The molecule has 0 aromatic heterocycles. The first kappa shape index (κ1) is 26.3. The Hall–Kier alpha value is -3.97. The number of halogens is 1. The van der Waals surface area contributed by atoms with E-state index in [1.54, 1.807) is 4.90 Å². The van der Waals surface area contributed by atoms with Crippen molar-refractivity contribution in [2.75, 3.05) is 49.9 Å². The Bertz CT molecular complexity index is 1010. The van der Waals surface area contributed by atoms with Crippen LogP contribution in [0.4, 0.5) is 32.3 Å². The molecule has 3 rings (SSSR count). The molecule has 0 saturated carbocycles. The fraction of sp³-hybridized carbons (Fsp3) is 0.300. The topological polar surface area (TPSA) is 163 Å². The third-order valence-corrected chi connectivity index (χ3v) is 5.04. The largest absolute Gasteiger partial charge is 0.337 e. The van der Waals surface area contributed by atoms with Crippen LogP contribution in [-0.2, 0) is 0 Å². The van der Waals surface area contributed by atoms with E-state index in [0.717, 1.165) is 0 Å². The lowest BCUT2D eigenvalue weighted by Gasteiger charge is -2.34. The summed E-state index contributed by atoms with van der Waals surface area (Å²) >= 11 is 0. The van der Waals surface area contributed by atoms with Crippen molar-refractivity contribution in [2.24, 2.45) is 0 Å². The highest BCUT2D eigenvalue weighted by molar-refractivity contribution is 5.90. The Morgan fingerprint density at radius 3 is 1.74 bits per heavy atom. The van der Waals surface area contributed by atoms with E-state index in [-0.39, 0.29) is 29.8 Å². The molecular formula is C20H24ClN7O6. The molecular weight excluding hydrogens is 470 g/mol. The van der Waals surface area contributed by atoms with Gasteiger partial charge in [0, 0.05) is 74.9 Å². The van der Waals surface area contributed by atoms with Crippen LogP contribution in [0.15, 0.2) is 48.5 Å². The number of nitro groups is 2. The molecule has 0 radical (unpaired) electrons. The highest BCUT2D eigenvalue weighted by Crippen LogP contribution is 2.17. The smallest absolute Gasteiger partial charge is 0.321 e. The van der Waals surface area contributed by atoms with Gasteiger partial charge in [-0.05, 0) is 24.3 Å². The molecule has 14 heteroatoms. The molecule has 2 aromatic carbocycles. The lowest BCUT2D eigenvalue weighted by atomic mass is 10.3. The summed E-state index contributed by atoms with van der Waals surface area (Å²) in [6.45, 7) is 3.29. The first-order chi connectivity index (χ1) is 15.8. The summed E-state index contributed by atoms with van der Waals surface area (Å²) in [5, 5.41) is 29.4. The fourth-order valence-corrected chi connectivity index (χ4v) is 3.21. The number of hydrogen-bond acceptors (Lipinski definition) is 7. The number of carbonyl (C=O) groups is 2. The minimum absolute atomic E-state index is 0. The third kappa shape index (κ3) is 7.56. The zero-order valence-electron chi connectivity index (χ0n) is 18.0. The van der Waals surface area contributed by atoms with Crippen LogP contribution in [0, 0.1) is 20.2 Å². The summed E-state index contributed by atoms with van der Waals surface area (Å²) in [7, 11) is 0. The summed E-state index contributed by atoms with van der Waals surface area (Å²) in [4.78, 5) is 48.5. The van der Waals surface area contributed by atoms with Gasteiger partial charge in [-0.2, -0.15) is 0 Å². The Balaban J connectivity index is 0.00000408. The molecule has 1 aliphatic rings. The lowest BCUT2D eigenvalue weighted by Crippen LogP contribution is -2.51. The number of nitrogens with one attached hydrogen (secondary N) is 3. The molecule has 1 aliphatic heterocycles. The Kier molecular flexibility index (Phi) is 9.52. The van der Waals surface area contributed by atoms with E-state index in [1.165, 1.54) is 48.5 Å². The molecule has 1 fully saturated rings. The first-order valence-corrected chi connectivity index (χ1v) is 10.1. The lowest BCUT2D eigenvalue weighted by molar-refractivity contribution is -0.385. The van der Waals surface area contributed by atoms with Crippen molar-refractivity contribution in [1.82, 2.24) is 15.1 Å². The Labute approximate surface area is 200 Å². The number of piperazine rings is 1. The monoisotopic (exact) mass is 493 g/mol. The molecule has 34 heavy (non-hydrogen) atoms. The van der Waals surface area contributed by atoms with Crippen molar-refractivity contribution >= 4 is 47.2 Å². The number of nitrogens with zero attached hydrogens (tertiary/aromatic N) is 4. The van der Waals surface area contributed by atoms with Crippen molar-refractivity contribution in [2.45, 2.75) is 0 Å². The Morgan fingerprint density at radius 2 is 1.26 bits per heavy atom.